The first-order chi connectivity index (χ1) is 15.1. The third-order valence-electron chi connectivity index (χ3n) is 5.34. The molecular weight excluding hydrogens is 552 g/mol. The second kappa shape index (κ2) is 9.88. The Hall–Kier alpha value is -2.98. The molecule has 5 aromatic rings. The van der Waals surface area contributed by atoms with Gasteiger partial charge in [0.05, 0.1) is 27.8 Å². The van der Waals surface area contributed by atoms with Gasteiger partial charge in [-0.1, -0.05) is 54.6 Å². The summed E-state index contributed by atoms with van der Waals surface area (Å²) in [5.41, 5.74) is -0.352. The first kappa shape index (κ1) is 24.7. The number of para-hydroxylation sites is 2. The average Bonchev–Trinajstić information content (AvgIpc) is 2.78. The van der Waals surface area contributed by atoms with Crippen molar-refractivity contribution in [3.63, 3.8) is 0 Å². The van der Waals surface area contributed by atoms with E-state index in [9.17, 15) is 19.8 Å². The molecule has 7 nitrogen and oxygen atoms in total. The molecule has 0 radical (unpaired) electrons. The van der Waals surface area contributed by atoms with Crippen LogP contribution in [0.4, 0.5) is 0 Å². The van der Waals surface area contributed by atoms with E-state index in [0.29, 0.717) is 5.56 Å². The number of fused-ring (bicyclic) bond motifs is 2. The molecule has 8 heteroatoms. The standard InChI is InChI=1S/C25H16O6.Ce.H2O/c26-22-15-10-4-6-12-17(15)30-24(28)20(22)19(14-8-2-1-3-9-14)21-23(27)16-11-5-7-13-18(16)31-25(21)29;;/h1-13,19,28-29H;;1H2. The van der Waals surface area contributed by atoms with E-state index in [4.69, 9.17) is 8.83 Å². The largest absolute Gasteiger partial charge is 0.480 e. The Balaban J connectivity index is 0.00000153. The van der Waals surface area contributed by atoms with Gasteiger partial charge < -0.3 is 24.5 Å². The van der Waals surface area contributed by atoms with Crippen molar-refractivity contribution in [3.8, 4) is 11.9 Å². The van der Waals surface area contributed by atoms with E-state index in [1.807, 2.05) is 0 Å². The number of benzene rings is 3. The van der Waals surface area contributed by atoms with Gasteiger partial charge >= 0.3 is 0 Å². The van der Waals surface area contributed by atoms with E-state index in [-0.39, 0.29) is 80.3 Å². The molecule has 0 aliphatic rings. The predicted octanol–water partition coefficient (Wildman–Crippen LogP) is 3.67. The first-order valence-electron chi connectivity index (χ1n) is 9.60. The first-order valence-corrected chi connectivity index (χ1v) is 9.60. The summed E-state index contributed by atoms with van der Waals surface area (Å²) < 4.78 is 11.0. The molecule has 0 saturated carbocycles. The summed E-state index contributed by atoms with van der Waals surface area (Å²) >= 11 is 0. The second-order valence-electron chi connectivity index (χ2n) is 7.14. The molecule has 0 fully saturated rings. The summed E-state index contributed by atoms with van der Waals surface area (Å²) in [6.45, 7) is 0. The minimum Gasteiger partial charge on any atom is -0.480 e. The van der Waals surface area contributed by atoms with E-state index in [1.165, 1.54) is 0 Å². The van der Waals surface area contributed by atoms with Crippen LogP contribution in [0.1, 0.15) is 22.6 Å². The molecule has 2 aromatic heterocycles. The third-order valence-corrected chi connectivity index (χ3v) is 5.34. The maximum Gasteiger partial charge on any atom is 0.290 e. The van der Waals surface area contributed by atoms with Gasteiger partial charge in [-0.15, -0.1) is 0 Å². The smallest absolute Gasteiger partial charge is 0.290 e. The van der Waals surface area contributed by atoms with E-state index in [0.717, 1.165) is 0 Å². The van der Waals surface area contributed by atoms with Crippen molar-refractivity contribution >= 4 is 21.9 Å². The van der Waals surface area contributed by atoms with Crippen molar-refractivity contribution in [2.45, 2.75) is 5.92 Å². The summed E-state index contributed by atoms with van der Waals surface area (Å²) in [4.78, 5) is 26.8. The van der Waals surface area contributed by atoms with Crippen LogP contribution in [0, 0.1) is 41.7 Å². The maximum absolute atomic E-state index is 13.4. The molecule has 0 bridgehead atoms. The minimum atomic E-state index is -1.11. The fourth-order valence-corrected chi connectivity index (χ4v) is 3.92. The SMILES string of the molecule is O.O=c1c(C(c2ccccc2)c2c(O)oc3ccccc3c2=O)c(O)oc2ccccc12.[Ce]. The Bertz CT molecular complexity index is 1460. The topological polar surface area (TPSA) is 132 Å². The molecule has 0 saturated heterocycles. The van der Waals surface area contributed by atoms with E-state index < -0.39 is 28.7 Å². The Kier molecular flexibility index (Phi) is 7.38. The average molecular weight is 571 g/mol. The zero-order valence-electron chi connectivity index (χ0n) is 17.1. The van der Waals surface area contributed by atoms with Crippen molar-refractivity contribution in [2.24, 2.45) is 0 Å². The number of hydrogen-bond donors (Lipinski definition) is 2. The van der Waals surface area contributed by atoms with Crippen molar-refractivity contribution in [1.82, 2.24) is 0 Å². The summed E-state index contributed by atoms with van der Waals surface area (Å²) in [5.74, 6) is -2.35. The molecule has 0 aliphatic carbocycles. The number of aromatic hydroxyl groups is 2. The van der Waals surface area contributed by atoms with Crippen molar-refractivity contribution in [3.05, 3.63) is 116 Å². The van der Waals surface area contributed by atoms with Crippen LogP contribution in [-0.2, 0) is 0 Å². The van der Waals surface area contributed by atoms with E-state index in [2.05, 4.69) is 0 Å². The van der Waals surface area contributed by atoms with Crippen molar-refractivity contribution in [1.29, 1.82) is 0 Å². The van der Waals surface area contributed by atoms with Gasteiger partial charge in [0.15, 0.2) is 0 Å². The molecule has 33 heavy (non-hydrogen) atoms. The second-order valence-corrected chi connectivity index (χ2v) is 7.14. The molecule has 0 aliphatic heterocycles. The quantitative estimate of drug-likeness (QED) is 0.340. The normalized spacial score (nSPS) is 10.7. The number of hydrogen-bond acceptors (Lipinski definition) is 6. The van der Waals surface area contributed by atoms with Gasteiger partial charge in [-0.25, -0.2) is 0 Å². The summed E-state index contributed by atoms with van der Waals surface area (Å²) in [6.07, 6.45) is 0. The molecule has 5 rings (SSSR count). The van der Waals surface area contributed by atoms with Gasteiger partial charge in [0, 0.05) is 41.7 Å². The summed E-state index contributed by atoms with van der Waals surface area (Å²) in [5, 5.41) is 21.9. The molecule has 164 valence electrons. The number of rotatable bonds is 3. The Morgan fingerprint density at radius 2 is 1.00 bits per heavy atom. The third kappa shape index (κ3) is 4.20. The fraction of sp³-hybridized carbons (Fsp3) is 0.0400. The Morgan fingerprint density at radius 3 is 1.45 bits per heavy atom. The van der Waals surface area contributed by atoms with Gasteiger partial charge in [-0.3, -0.25) is 9.59 Å². The van der Waals surface area contributed by atoms with Gasteiger partial charge in [-0.05, 0) is 29.8 Å². The fourth-order valence-electron chi connectivity index (χ4n) is 3.92. The van der Waals surface area contributed by atoms with E-state index >= 15 is 0 Å². The molecule has 0 amide bonds. The van der Waals surface area contributed by atoms with Crippen LogP contribution in [0.25, 0.3) is 21.9 Å². The van der Waals surface area contributed by atoms with Crippen LogP contribution in [0.15, 0.2) is 97.3 Å². The molecular formula is C25H18CeO7. The molecule has 0 atom stereocenters. The van der Waals surface area contributed by atoms with Gasteiger partial charge in [0.25, 0.3) is 11.9 Å². The van der Waals surface area contributed by atoms with Gasteiger partial charge in [-0.2, -0.15) is 0 Å². The van der Waals surface area contributed by atoms with Crippen LogP contribution in [0.2, 0.25) is 0 Å². The van der Waals surface area contributed by atoms with E-state index in [1.54, 1.807) is 78.9 Å². The van der Waals surface area contributed by atoms with Crippen LogP contribution in [-0.4, -0.2) is 15.7 Å². The zero-order valence-corrected chi connectivity index (χ0v) is 20.3. The maximum atomic E-state index is 13.4. The van der Waals surface area contributed by atoms with Crippen LogP contribution >= 0.6 is 0 Å². The molecule has 2 heterocycles. The van der Waals surface area contributed by atoms with Crippen LogP contribution in [0.3, 0.4) is 0 Å². The van der Waals surface area contributed by atoms with Crippen molar-refractivity contribution < 1.29 is 66.3 Å². The molecule has 0 unspecified atom stereocenters. The summed E-state index contributed by atoms with van der Waals surface area (Å²) in [6, 6.07) is 21.7. The summed E-state index contributed by atoms with van der Waals surface area (Å²) in [7, 11) is 0. The molecule has 3 aromatic carbocycles. The predicted molar refractivity (Wildman–Crippen MR) is 119 cm³/mol. The molecule has 0 spiro atoms. The molecule has 4 N–H and O–H groups in total. The monoisotopic (exact) mass is 570 g/mol. The Morgan fingerprint density at radius 1 is 0.606 bits per heavy atom. The minimum absolute atomic E-state index is 0. The zero-order chi connectivity index (χ0) is 21.5. The van der Waals surface area contributed by atoms with Gasteiger partial charge in [0.2, 0.25) is 10.9 Å². The Labute approximate surface area is 220 Å². The van der Waals surface area contributed by atoms with Crippen LogP contribution in [0.5, 0.6) is 11.9 Å². The van der Waals surface area contributed by atoms with Crippen molar-refractivity contribution in [2.75, 3.05) is 0 Å². The van der Waals surface area contributed by atoms with Gasteiger partial charge in [0.1, 0.15) is 11.2 Å². The van der Waals surface area contributed by atoms with Crippen LogP contribution < -0.4 is 10.9 Å².